The van der Waals surface area contributed by atoms with Gasteiger partial charge in [0.25, 0.3) is 5.56 Å². The summed E-state index contributed by atoms with van der Waals surface area (Å²) in [6, 6.07) is 9.58. The van der Waals surface area contributed by atoms with Crippen LogP contribution in [0.1, 0.15) is 19.4 Å². The molecule has 0 N–H and O–H groups in total. The molecule has 7 nitrogen and oxygen atoms in total. The van der Waals surface area contributed by atoms with Crippen LogP contribution in [0.2, 0.25) is 5.02 Å². The lowest BCUT2D eigenvalue weighted by molar-refractivity contribution is -0.131. The van der Waals surface area contributed by atoms with Crippen LogP contribution in [-0.2, 0) is 27.9 Å². The van der Waals surface area contributed by atoms with Gasteiger partial charge in [0, 0.05) is 44.0 Å². The summed E-state index contributed by atoms with van der Waals surface area (Å²) in [4.78, 5) is 26.1. The number of amides is 1. The van der Waals surface area contributed by atoms with Crippen molar-refractivity contribution in [3.8, 4) is 0 Å². The number of hydrogen-bond acceptors (Lipinski definition) is 4. The van der Waals surface area contributed by atoms with Gasteiger partial charge in [-0.05, 0) is 23.8 Å². The number of pyridine rings is 1. The van der Waals surface area contributed by atoms with Gasteiger partial charge in [-0.25, -0.2) is 8.42 Å². The summed E-state index contributed by atoms with van der Waals surface area (Å²) in [5, 5.41) is 0.573. The molecular weight excluding hydrogens is 402 g/mol. The zero-order chi connectivity index (χ0) is 20.9. The predicted octanol–water partition coefficient (Wildman–Crippen LogP) is 2.19. The molecule has 0 aliphatic rings. The molecule has 2 rings (SSSR count). The fourth-order valence-electron chi connectivity index (χ4n) is 2.76. The van der Waals surface area contributed by atoms with Crippen molar-refractivity contribution >= 4 is 27.5 Å². The summed E-state index contributed by atoms with van der Waals surface area (Å²) < 4.78 is 27.7. The molecule has 0 fully saturated rings. The third-order valence-electron chi connectivity index (χ3n) is 4.34. The zero-order valence-electron chi connectivity index (χ0n) is 16.1. The molecule has 0 saturated carbocycles. The molecule has 0 spiro atoms. The quantitative estimate of drug-likeness (QED) is 0.649. The standard InChI is InChI=1S/C19H24ClN3O4S/c1-4-23(5-2)28(26,27)17-9-10-18(24)22(13-17)14-19(25)21(3)12-15-7-6-8-16(20)11-15/h6-11,13H,4-5,12,14H2,1-3H3. The number of rotatable bonds is 8. The third-order valence-corrected chi connectivity index (χ3v) is 6.61. The molecule has 0 atom stereocenters. The van der Waals surface area contributed by atoms with Crippen LogP contribution in [0.15, 0.2) is 52.3 Å². The van der Waals surface area contributed by atoms with E-state index in [1.807, 2.05) is 6.07 Å². The SMILES string of the molecule is CCN(CC)S(=O)(=O)c1ccc(=O)n(CC(=O)N(C)Cc2cccc(Cl)c2)c1. The van der Waals surface area contributed by atoms with Crippen molar-refractivity contribution in [3.63, 3.8) is 0 Å². The van der Waals surface area contributed by atoms with E-state index in [9.17, 15) is 18.0 Å². The van der Waals surface area contributed by atoms with Crippen molar-refractivity contribution in [3.05, 3.63) is 63.5 Å². The van der Waals surface area contributed by atoms with Gasteiger partial charge in [0.05, 0.1) is 4.90 Å². The predicted molar refractivity (Wildman–Crippen MR) is 109 cm³/mol. The summed E-state index contributed by atoms with van der Waals surface area (Å²) in [6.45, 7) is 4.19. The minimum absolute atomic E-state index is 0.0129. The maximum absolute atomic E-state index is 12.7. The molecule has 152 valence electrons. The van der Waals surface area contributed by atoms with Crippen molar-refractivity contribution < 1.29 is 13.2 Å². The first-order valence-electron chi connectivity index (χ1n) is 8.88. The Kier molecular flexibility index (Phi) is 7.40. The number of hydrogen-bond donors (Lipinski definition) is 0. The average Bonchev–Trinajstić information content (AvgIpc) is 2.64. The summed E-state index contributed by atoms with van der Waals surface area (Å²) in [6.07, 6.45) is 1.22. The van der Waals surface area contributed by atoms with Crippen molar-refractivity contribution in [1.82, 2.24) is 13.8 Å². The Hall–Kier alpha value is -2.16. The Morgan fingerprint density at radius 1 is 1.14 bits per heavy atom. The molecule has 9 heteroatoms. The zero-order valence-corrected chi connectivity index (χ0v) is 17.7. The summed E-state index contributed by atoms with van der Waals surface area (Å²) in [5.74, 6) is -0.320. The van der Waals surface area contributed by atoms with Gasteiger partial charge in [0.15, 0.2) is 0 Å². The molecule has 0 saturated heterocycles. The maximum atomic E-state index is 12.7. The molecule has 0 unspecified atom stereocenters. The lowest BCUT2D eigenvalue weighted by Gasteiger charge is -2.20. The van der Waals surface area contributed by atoms with Crippen LogP contribution in [0.3, 0.4) is 0 Å². The third kappa shape index (κ3) is 5.21. The molecule has 1 amide bonds. The number of halogens is 1. The minimum Gasteiger partial charge on any atom is -0.340 e. The lowest BCUT2D eigenvalue weighted by atomic mass is 10.2. The van der Waals surface area contributed by atoms with Gasteiger partial charge in [0.1, 0.15) is 6.54 Å². The number of carbonyl (C=O) groups is 1. The average molecular weight is 426 g/mol. The highest BCUT2D eigenvalue weighted by Crippen LogP contribution is 2.14. The number of aromatic nitrogens is 1. The monoisotopic (exact) mass is 425 g/mol. The second-order valence-corrected chi connectivity index (χ2v) is 8.67. The van der Waals surface area contributed by atoms with Crippen molar-refractivity contribution in [2.24, 2.45) is 0 Å². The van der Waals surface area contributed by atoms with E-state index in [0.29, 0.717) is 24.7 Å². The van der Waals surface area contributed by atoms with Crippen LogP contribution in [-0.4, -0.2) is 48.2 Å². The Morgan fingerprint density at radius 3 is 2.43 bits per heavy atom. The van der Waals surface area contributed by atoms with Crippen LogP contribution in [0.5, 0.6) is 0 Å². The van der Waals surface area contributed by atoms with Gasteiger partial charge >= 0.3 is 0 Å². The van der Waals surface area contributed by atoms with E-state index in [4.69, 9.17) is 11.6 Å². The topological polar surface area (TPSA) is 79.7 Å². The molecular formula is C19H24ClN3O4S. The maximum Gasteiger partial charge on any atom is 0.251 e. The number of likely N-dealkylation sites (N-methyl/N-ethyl adjacent to an activating group) is 1. The van der Waals surface area contributed by atoms with Gasteiger partial charge in [-0.3, -0.25) is 9.59 Å². The Bertz CT molecular complexity index is 1000. The smallest absolute Gasteiger partial charge is 0.251 e. The van der Waals surface area contributed by atoms with Gasteiger partial charge < -0.3 is 9.47 Å². The van der Waals surface area contributed by atoms with Gasteiger partial charge in [-0.2, -0.15) is 4.31 Å². The molecule has 28 heavy (non-hydrogen) atoms. The van der Waals surface area contributed by atoms with Gasteiger partial charge in [-0.1, -0.05) is 37.6 Å². The van der Waals surface area contributed by atoms with Crippen LogP contribution in [0, 0.1) is 0 Å². The molecule has 0 bridgehead atoms. The van der Waals surface area contributed by atoms with E-state index in [2.05, 4.69) is 0 Å². The summed E-state index contributed by atoms with van der Waals surface area (Å²) in [7, 11) is -2.10. The molecule has 1 aromatic carbocycles. The highest BCUT2D eigenvalue weighted by Gasteiger charge is 2.23. The summed E-state index contributed by atoms with van der Waals surface area (Å²) >= 11 is 5.96. The van der Waals surface area contributed by atoms with Crippen LogP contribution in [0.25, 0.3) is 0 Å². The van der Waals surface area contributed by atoms with Crippen LogP contribution < -0.4 is 5.56 Å². The Balaban J connectivity index is 2.21. The highest BCUT2D eigenvalue weighted by molar-refractivity contribution is 7.89. The van der Waals surface area contributed by atoms with Crippen molar-refractivity contribution in [1.29, 1.82) is 0 Å². The van der Waals surface area contributed by atoms with Crippen molar-refractivity contribution in [2.45, 2.75) is 31.8 Å². The number of carbonyl (C=O) groups excluding carboxylic acids is 1. The Labute approximate surface area is 170 Å². The number of sulfonamides is 1. The lowest BCUT2D eigenvalue weighted by Crippen LogP contribution is -2.35. The van der Waals surface area contributed by atoms with E-state index in [0.717, 1.165) is 10.1 Å². The second-order valence-electron chi connectivity index (χ2n) is 6.30. The molecule has 0 aliphatic carbocycles. The fourth-order valence-corrected chi connectivity index (χ4v) is 4.45. The number of nitrogens with zero attached hydrogens (tertiary/aromatic N) is 3. The van der Waals surface area contributed by atoms with E-state index in [1.54, 1.807) is 39.1 Å². The first kappa shape index (κ1) is 22.1. The van der Waals surface area contributed by atoms with Crippen molar-refractivity contribution in [2.75, 3.05) is 20.1 Å². The number of benzene rings is 1. The molecule has 0 radical (unpaired) electrons. The van der Waals surface area contributed by atoms with Gasteiger partial charge in [0.2, 0.25) is 15.9 Å². The van der Waals surface area contributed by atoms with E-state index < -0.39 is 15.6 Å². The van der Waals surface area contributed by atoms with E-state index in [1.165, 1.54) is 27.5 Å². The molecule has 1 heterocycles. The minimum atomic E-state index is -3.72. The van der Waals surface area contributed by atoms with E-state index >= 15 is 0 Å². The molecule has 0 aliphatic heterocycles. The van der Waals surface area contributed by atoms with E-state index in [-0.39, 0.29) is 17.3 Å². The normalized spacial score (nSPS) is 11.6. The first-order valence-corrected chi connectivity index (χ1v) is 10.7. The van der Waals surface area contributed by atoms with Crippen LogP contribution in [0.4, 0.5) is 0 Å². The highest BCUT2D eigenvalue weighted by atomic mass is 35.5. The fraction of sp³-hybridized carbons (Fsp3) is 0.368. The van der Waals surface area contributed by atoms with Crippen LogP contribution >= 0.6 is 11.6 Å². The molecule has 1 aromatic heterocycles. The largest absolute Gasteiger partial charge is 0.340 e. The van der Waals surface area contributed by atoms with Gasteiger partial charge in [-0.15, -0.1) is 0 Å². The first-order chi connectivity index (χ1) is 13.2. The summed E-state index contributed by atoms with van der Waals surface area (Å²) in [5.41, 5.74) is 0.413. The molecule has 2 aromatic rings. The second kappa shape index (κ2) is 9.36. The Morgan fingerprint density at radius 2 is 1.82 bits per heavy atom.